The van der Waals surface area contributed by atoms with Gasteiger partial charge in [0.2, 0.25) is 0 Å². The lowest BCUT2D eigenvalue weighted by atomic mass is 10.0. The number of benzene rings is 1. The molecule has 3 atom stereocenters. The maximum absolute atomic E-state index is 5.90. The van der Waals surface area contributed by atoms with E-state index in [2.05, 4.69) is 12.1 Å². The van der Waals surface area contributed by atoms with E-state index in [9.17, 15) is 0 Å². The van der Waals surface area contributed by atoms with Crippen LogP contribution in [-0.4, -0.2) is 25.6 Å². The summed E-state index contributed by atoms with van der Waals surface area (Å²) in [5.41, 5.74) is 1.21. The van der Waals surface area contributed by atoms with Crippen molar-refractivity contribution in [2.24, 2.45) is 5.92 Å². The van der Waals surface area contributed by atoms with Crippen molar-refractivity contribution in [3.05, 3.63) is 35.9 Å². The van der Waals surface area contributed by atoms with Crippen molar-refractivity contribution in [1.82, 2.24) is 0 Å². The van der Waals surface area contributed by atoms with Crippen LogP contribution in [0.1, 0.15) is 25.8 Å². The van der Waals surface area contributed by atoms with Gasteiger partial charge >= 0.3 is 0 Å². The molecule has 1 aromatic rings. The van der Waals surface area contributed by atoms with Crippen molar-refractivity contribution < 1.29 is 14.2 Å². The summed E-state index contributed by atoms with van der Waals surface area (Å²) < 4.78 is 16.9. The van der Waals surface area contributed by atoms with Crippen LogP contribution in [0.4, 0.5) is 0 Å². The highest BCUT2D eigenvalue weighted by molar-refractivity contribution is 5.13. The van der Waals surface area contributed by atoms with Gasteiger partial charge in [0, 0.05) is 5.92 Å². The molecule has 2 fully saturated rings. The number of rotatable bonds is 3. The van der Waals surface area contributed by atoms with E-state index in [0.717, 1.165) is 13.0 Å². The minimum atomic E-state index is -0.0132. The first-order valence-corrected chi connectivity index (χ1v) is 6.82. The third-order valence-electron chi connectivity index (χ3n) is 3.29. The Morgan fingerprint density at radius 1 is 1.17 bits per heavy atom. The molecule has 3 nitrogen and oxygen atoms in total. The summed E-state index contributed by atoms with van der Waals surface area (Å²) in [5.74, 6) is 0.434. The van der Waals surface area contributed by atoms with E-state index in [-0.39, 0.29) is 12.4 Å². The molecule has 3 rings (SSSR count). The molecule has 2 aliphatic rings. The summed E-state index contributed by atoms with van der Waals surface area (Å²) in [6.07, 6.45) is 1.25. The van der Waals surface area contributed by atoms with Gasteiger partial charge in [-0.25, -0.2) is 0 Å². The van der Waals surface area contributed by atoms with Crippen LogP contribution >= 0.6 is 0 Å². The molecule has 0 saturated carbocycles. The van der Waals surface area contributed by atoms with Gasteiger partial charge in [0.25, 0.3) is 0 Å². The molecule has 0 bridgehead atoms. The first kappa shape index (κ1) is 13.5. The largest absolute Gasteiger partial charge is 0.371 e. The fourth-order valence-corrected chi connectivity index (χ4v) is 2.38. The summed E-state index contributed by atoms with van der Waals surface area (Å²) in [7, 11) is 0. The second kappa shape index (κ2) is 6.88. The number of hydrogen-bond acceptors (Lipinski definition) is 3. The van der Waals surface area contributed by atoms with Gasteiger partial charge in [-0.2, -0.15) is 0 Å². The maximum Gasteiger partial charge on any atom is 0.163 e. The summed E-state index contributed by atoms with van der Waals surface area (Å²) in [4.78, 5) is 0. The molecule has 3 unspecified atom stereocenters. The number of hydrogen-bond donors (Lipinski definition) is 0. The summed E-state index contributed by atoms with van der Waals surface area (Å²) in [6, 6.07) is 10.2. The molecule has 100 valence electrons. The monoisotopic (exact) mass is 250 g/mol. The Labute approximate surface area is 109 Å². The number of fused-ring (bicyclic) bond motifs is 1. The Morgan fingerprint density at radius 3 is 2.72 bits per heavy atom. The zero-order valence-electron chi connectivity index (χ0n) is 11.2. The lowest BCUT2D eigenvalue weighted by Crippen LogP contribution is -2.23. The van der Waals surface area contributed by atoms with E-state index < -0.39 is 0 Å². The van der Waals surface area contributed by atoms with Crippen LogP contribution in [0.3, 0.4) is 0 Å². The number of ether oxygens (including phenoxy) is 3. The van der Waals surface area contributed by atoms with Crippen molar-refractivity contribution in [3.63, 3.8) is 0 Å². The molecule has 0 spiro atoms. The molecular weight excluding hydrogens is 228 g/mol. The van der Waals surface area contributed by atoms with Crippen molar-refractivity contribution >= 4 is 0 Å². The molecule has 0 aliphatic carbocycles. The third kappa shape index (κ3) is 3.10. The molecule has 3 heteroatoms. The minimum absolute atomic E-state index is 0.0132. The highest BCUT2D eigenvalue weighted by Gasteiger charge is 2.42. The molecule has 0 amide bonds. The highest BCUT2D eigenvalue weighted by Crippen LogP contribution is 2.33. The molecule has 2 aliphatic heterocycles. The fraction of sp³-hybridized carbons (Fsp3) is 0.600. The van der Waals surface area contributed by atoms with E-state index in [1.54, 1.807) is 0 Å². The van der Waals surface area contributed by atoms with Crippen molar-refractivity contribution in [2.75, 3.05) is 13.2 Å². The average Bonchev–Trinajstić information content (AvgIpc) is 3.03. The van der Waals surface area contributed by atoms with Gasteiger partial charge in [-0.3, -0.25) is 0 Å². The molecular formula is C15H22O3. The van der Waals surface area contributed by atoms with Gasteiger partial charge in [-0.1, -0.05) is 44.2 Å². The standard InChI is InChI=1S/C13H16O3.C2H6/c1-2-4-10(5-3-1)8-15-12-9-16-13-11(12)6-7-14-13;1-2/h1-5,11-13H,6-9H2;1-2H3. The smallest absolute Gasteiger partial charge is 0.163 e. The van der Waals surface area contributed by atoms with E-state index >= 15 is 0 Å². The Balaban J connectivity index is 0.000000574. The molecule has 2 heterocycles. The predicted molar refractivity (Wildman–Crippen MR) is 70.2 cm³/mol. The van der Waals surface area contributed by atoms with Crippen molar-refractivity contribution in [3.8, 4) is 0 Å². The fourth-order valence-electron chi connectivity index (χ4n) is 2.38. The average molecular weight is 250 g/mol. The lowest BCUT2D eigenvalue weighted by Gasteiger charge is -2.15. The van der Waals surface area contributed by atoms with Gasteiger partial charge in [-0.15, -0.1) is 0 Å². The van der Waals surface area contributed by atoms with Crippen LogP contribution in [0.5, 0.6) is 0 Å². The first-order valence-electron chi connectivity index (χ1n) is 6.82. The summed E-state index contributed by atoms with van der Waals surface area (Å²) in [6.45, 7) is 6.14. The van der Waals surface area contributed by atoms with Crippen LogP contribution in [0, 0.1) is 5.92 Å². The Bertz CT molecular complexity index is 339. The topological polar surface area (TPSA) is 27.7 Å². The maximum atomic E-state index is 5.90. The Hall–Kier alpha value is -0.900. The highest BCUT2D eigenvalue weighted by atomic mass is 16.7. The molecule has 0 aromatic heterocycles. The van der Waals surface area contributed by atoms with Crippen LogP contribution in [0.25, 0.3) is 0 Å². The van der Waals surface area contributed by atoms with Gasteiger partial charge in [-0.05, 0) is 12.0 Å². The molecule has 1 aromatic carbocycles. The van der Waals surface area contributed by atoms with Crippen molar-refractivity contribution in [2.45, 2.75) is 39.3 Å². The van der Waals surface area contributed by atoms with E-state index in [1.165, 1.54) is 5.56 Å². The van der Waals surface area contributed by atoms with E-state index in [1.807, 2.05) is 32.0 Å². The Kier molecular flexibility index (Phi) is 5.17. The quantitative estimate of drug-likeness (QED) is 0.825. The van der Waals surface area contributed by atoms with Gasteiger partial charge in [0.05, 0.1) is 25.9 Å². The normalized spacial score (nSPS) is 29.6. The third-order valence-corrected chi connectivity index (χ3v) is 3.29. The lowest BCUT2D eigenvalue weighted by molar-refractivity contribution is -0.0909. The summed E-state index contributed by atoms with van der Waals surface area (Å²) >= 11 is 0. The summed E-state index contributed by atoms with van der Waals surface area (Å²) in [5, 5.41) is 0. The first-order chi connectivity index (χ1) is 8.93. The van der Waals surface area contributed by atoms with Gasteiger partial charge < -0.3 is 14.2 Å². The van der Waals surface area contributed by atoms with Crippen LogP contribution in [0.15, 0.2) is 30.3 Å². The van der Waals surface area contributed by atoms with E-state index in [4.69, 9.17) is 14.2 Å². The second-order valence-corrected chi connectivity index (χ2v) is 4.36. The molecule has 0 N–H and O–H groups in total. The van der Waals surface area contributed by atoms with E-state index in [0.29, 0.717) is 19.1 Å². The SMILES string of the molecule is CC.c1ccc(COC2COC3OCCC23)cc1. The molecule has 2 saturated heterocycles. The zero-order valence-corrected chi connectivity index (χ0v) is 11.2. The van der Waals surface area contributed by atoms with Gasteiger partial charge in [0.1, 0.15) is 0 Å². The predicted octanol–water partition coefficient (Wildman–Crippen LogP) is 2.99. The van der Waals surface area contributed by atoms with Gasteiger partial charge in [0.15, 0.2) is 6.29 Å². The van der Waals surface area contributed by atoms with Crippen LogP contribution in [-0.2, 0) is 20.8 Å². The second-order valence-electron chi connectivity index (χ2n) is 4.36. The zero-order chi connectivity index (χ0) is 12.8. The van der Waals surface area contributed by atoms with Crippen molar-refractivity contribution in [1.29, 1.82) is 0 Å². The van der Waals surface area contributed by atoms with Crippen LogP contribution in [0.2, 0.25) is 0 Å². The van der Waals surface area contributed by atoms with Crippen LogP contribution < -0.4 is 0 Å². The molecule has 18 heavy (non-hydrogen) atoms. The Morgan fingerprint density at radius 2 is 1.94 bits per heavy atom. The minimum Gasteiger partial charge on any atom is -0.371 e. The molecule has 0 radical (unpaired) electrons.